The molecule has 0 aliphatic carbocycles. The summed E-state index contributed by atoms with van der Waals surface area (Å²) in [4.78, 5) is 49.3. The topological polar surface area (TPSA) is 166 Å². The molecule has 1 aromatic carbocycles. The Morgan fingerprint density at radius 1 is 1.08 bits per heavy atom. The van der Waals surface area contributed by atoms with E-state index >= 15 is 0 Å². The van der Waals surface area contributed by atoms with Crippen molar-refractivity contribution in [2.24, 2.45) is 0 Å². The van der Waals surface area contributed by atoms with E-state index in [0.29, 0.717) is 6.42 Å². The Labute approximate surface area is 208 Å². The van der Waals surface area contributed by atoms with Gasteiger partial charge in [0, 0.05) is 34.1 Å². The first-order valence-electron chi connectivity index (χ1n) is 11.3. The molecule has 3 aromatic rings. The molecule has 194 valence electrons. The number of carbonyl (C=O) groups is 2. The zero-order valence-electron chi connectivity index (χ0n) is 20.6. The number of nitrogens with one attached hydrogen (secondary N) is 1. The number of nitrogens with zero attached hydrogens (tertiary/aromatic N) is 6. The Hall–Kier alpha value is -3.94. The van der Waals surface area contributed by atoms with Gasteiger partial charge in [0.1, 0.15) is 5.52 Å². The molecule has 0 radical (unpaired) electrons. The van der Waals surface area contributed by atoms with Gasteiger partial charge in [-0.15, -0.1) is 0 Å². The molecule has 2 aromatic heterocycles. The van der Waals surface area contributed by atoms with Gasteiger partial charge in [-0.25, -0.2) is 22.6 Å². The lowest BCUT2D eigenvalue weighted by Gasteiger charge is -2.21. The predicted octanol–water partition coefficient (Wildman–Crippen LogP) is 0.753. The van der Waals surface area contributed by atoms with Crippen molar-refractivity contribution in [2.45, 2.75) is 26.8 Å². The molecule has 0 unspecified atom stereocenters. The largest absolute Gasteiger partial charge is 0.382 e. The van der Waals surface area contributed by atoms with Crippen LogP contribution in [0, 0.1) is 0 Å². The van der Waals surface area contributed by atoms with Gasteiger partial charge in [0.2, 0.25) is 21.9 Å². The molecule has 3 rings (SSSR count). The first-order valence-corrected chi connectivity index (χ1v) is 12.9. The Morgan fingerprint density at radius 2 is 1.72 bits per heavy atom. The van der Waals surface area contributed by atoms with Gasteiger partial charge in [0.05, 0.1) is 12.3 Å². The highest BCUT2D eigenvalue weighted by Crippen LogP contribution is 2.21. The molecule has 2 heterocycles. The standard InChI is InChI=1S/C22H30N8O5S/c1-5-13-36(34,35)26-20-24-18(23)17-19(25-20)29(14-16-9-7-6-8-10-16)22(33)30(17)21(32)28(4)12-11-27(3)15(2)31/h6-10H,5,11-14H2,1-4H3,(H3,23,24,25,26). The fourth-order valence-corrected chi connectivity index (χ4v) is 4.49. The van der Waals surface area contributed by atoms with Crippen molar-refractivity contribution >= 4 is 44.9 Å². The highest BCUT2D eigenvalue weighted by Gasteiger charge is 2.26. The van der Waals surface area contributed by atoms with E-state index in [1.165, 1.54) is 28.3 Å². The summed E-state index contributed by atoms with van der Waals surface area (Å²) in [6, 6.07) is 8.35. The normalized spacial score (nSPS) is 11.4. The summed E-state index contributed by atoms with van der Waals surface area (Å²) in [7, 11) is -0.633. The maximum Gasteiger partial charge on any atom is 0.339 e. The Morgan fingerprint density at radius 3 is 2.33 bits per heavy atom. The van der Waals surface area contributed by atoms with Crippen LogP contribution in [0.1, 0.15) is 25.8 Å². The van der Waals surface area contributed by atoms with E-state index in [-0.39, 0.29) is 54.2 Å². The average molecular weight is 519 g/mol. The average Bonchev–Trinajstić information content (AvgIpc) is 3.08. The lowest BCUT2D eigenvalue weighted by Crippen LogP contribution is -2.42. The number of nitrogens with two attached hydrogens (primary N) is 1. The van der Waals surface area contributed by atoms with Gasteiger partial charge in [-0.1, -0.05) is 37.3 Å². The minimum atomic E-state index is -3.73. The molecule has 0 fully saturated rings. The van der Waals surface area contributed by atoms with Crippen LogP contribution >= 0.6 is 0 Å². The molecular weight excluding hydrogens is 488 g/mol. The number of sulfonamides is 1. The van der Waals surface area contributed by atoms with Gasteiger partial charge in [-0.3, -0.25) is 14.1 Å². The number of hydrogen-bond donors (Lipinski definition) is 2. The zero-order valence-corrected chi connectivity index (χ0v) is 21.4. The number of rotatable bonds is 9. The SMILES string of the molecule is CCCS(=O)(=O)Nc1nc(N)c2c(n1)n(Cc1ccccc1)c(=O)n2C(=O)N(C)CCN(C)C(C)=O. The van der Waals surface area contributed by atoms with E-state index in [9.17, 15) is 22.8 Å². The molecule has 0 saturated carbocycles. The minimum Gasteiger partial charge on any atom is -0.382 e. The molecule has 0 aliphatic heterocycles. The summed E-state index contributed by atoms with van der Waals surface area (Å²) in [6.45, 7) is 3.59. The van der Waals surface area contributed by atoms with E-state index in [1.54, 1.807) is 38.2 Å². The lowest BCUT2D eigenvalue weighted by molar-refractivity contribution is -0.127. The second-order valence-electron chi connectivity index (χ2n) is 8.36. The van der Waals surface area contributed by atoms with Crippen LogP contribution in [-0.4, -0.2) is 82.2 Å². The first kappa shape index (κ1) is 26.7. The molecule has 13 nitrogen and oxygen atoms in total. The van der Waals surface area contributed by atoms with Crippen LogP contribution in [0.3, 0.4) is 0 Å². The molecule has 2 amide bonds. The van der Waals surface area contributed by atoms with Crippen LogP contribution in [0.5, 0.6) is 0 Å². The fourth-order valence-electron chi connectivity index (χ4n) is 3.48. The highest BCUT2D eigenvalue weighted by molar-refractivity contribution is 7.92. The Bertz CT molecular complexity index is 1430. The van der Waals surface area contributed by atoms with Crippen molar-refractivity contribution in [3.8, 4) is 0 Å². The fraction of sp³-hybridized carbons (Fsp3) is 0.409. The van der Waals surface area contributed by atoms with Crippen molar-refractivity contribution < 1.29 is 18.0 Å². The number of fused-ring (bicyclic) bond motifs is 1. The number of nitrogen functional groups attached to an aromatic ring is 1. The van der Waals surface area contributed by atoms with E-state index in [4.69, 9.17) is 5.73 Å². The van der Waals surface area contributed by atoms with E-state index in [0.717, 1.165) is 10.1 Å². The van der Waals surface area contributed by atoms with Gasteiger partial charge in [-0.05, 0) is 12.0 Å². The number of aromatic nitrogens is 4. The monoisotopic (exact) mass is 518 g/mol. The van der Waals surface area contributed by atoms with Crippen molar-refractivity contribution in [3.63, 3.8) is 0 Å². The summed E-state index contributed by atoms with van der Waals surface area (Å²) in [5.41, 5.74) is 6.16. The quantitative estimate of drug-likeness (QED) is 0.419. The van der Waals surface area contributed by atoms with Crippen LogP contribution in [0.2, 0.25) is 0 Å². The van der Waals surface area contributed by atoms with E-state index in [1.807, 2.05) is 6.07 Å². The number of benzene rings is 1. The summed E-state index contributed by atoms with van der Waals surface area (Å²) < 4.78 is 28.9. The third-order valence-electron chi connectivity index (χ3n) is 5.52. The van der Waals surface area contributed by atoms with Crippen molar-refractivity contribution in [1.29, 1.82) is 0 Å². The summed E-state index contributed by atoms with van der Waals surface area (Å²) in [6.07, 6.45) is 0.377. The number of hydrogen-bond acceptors (Lipinski definition) is 8. The number of carbonyl (C=O) groups excluding carboxylic acids is 2. The van der Waals surface area contributed by atoms with Gasteiger partial charge in [0.25, 0.3) is 0 Å². The van der Waals surface area contributed by atoms with Crippen molar-refractivity contribution in [3.05, 3.63) is 46.4 Å². The van der Waals surface area contributed by atoms with Crippen LogP contribution < -0.4 is 16.1 Å². The number of likely N-dealkylation sites (N-methyl/N-ethyl adjacent to an activating group) is 2. The summed E-state index contributed by atoms with van der Waals surface area (Å²) in [5.74, 6) is -0.843. The van der Waals surface area contributed by atoms with Crippen LogP contribution in [0.4, 0.5) is 16.6 Å². The molecule has 14 heteroatoms. The smallest absolute Gasteiger partial charge is 0.339 e. The second kappa shape index (κ2) is 10.8. The maximum absolute atomic E-state index is 13.5. The lowest BCUT2D eigenvalue weighted by atomic mass is 10.2. The van der Waals surface area contributed by atoms with E-state index < -0.39 is 21.7 Å². The van der Waals surface area contributed by atoms with Crippen molar-refractivity contribution in [1.82, 2.24) is 28.9 Å². The van der Waals surface area contributed by atoms with Crippen LogP contribution in [0.25, 0.3) is 11.2 Å². The van der Waals surface area contributed by atoms with Crippen LogP contribution in [0.15, 0.2) is 35.1 Å². The Balaban J connectivity index is 2.13. The molecule has 36 heavy (non-hydrogen) atoms. The molecule has 3 N–H and O–H groups in total. The summed E-state index contributed by atoms with van der Waals surface area (Å²) in [5, 5.41) is 0. The van der Waals surface area contributed by atoms with Gasteiger partial charge in [-0.2, -0.15) is 9.97 Å². The summed E-state index contributed by atoms with van der Waals surface area (Å²) >= 11 is 0. The zero-order chi connectivity index (χ0) is 26.6. The third kappa shape index (κ3) is 5.82. The Kier molecular flexibility index (Phi) is 7.97. The molecular formula is C22H30N8O5S. The molecule has 0 atom stereocenters. The molecule has 0 saturated heterocycles. The van der Waals surface area contributed by atoms with E-state index in [2.05, 4.69) is 14.7 Å². The van der Waals surface area contributed by atoms with Crippen LogP contribution in [-0.2, 0) is 21.4 Å². The predicted molar refractivity (Wildman–Crippen MR) is 136 cm³/mol. The molecule has 0 spiro atoms. The van der Waals surface area contributed by atoms with Crippen molar-refractivity contribution in [2.75, 3.05) is 43.4 Å². The molecule has 0 bridgehead atoms. The minimum absolute atomic E-state index is 0.00755. The maximum atomic E-state index is 13.5. The van der Waals surface area contributed by atoms with Gasteiger partial charge < -0.3 is 15.5 Å². The number of imidazole rings is 1. The van der Waals surface area contributed by atoms with Gasteiger partial charge in [0.15, 0.2) is 11.5 Å². The van der Waals surface area contributed by atoms with Gasteiger partial charge >= 0.3 is 11.7 Å². The molecule has 0 aliphatic rings. The second-order valence-corrected chi connectivity index (χ2v) is 10.2. The first-order chi connectivity index (χ1) is 16.9. The number of anilines is 2. The number of amides is 2. The third-order valence-corrected chi connectivity index (χ3v) is 6.96. The highest BCUT2D eigenvalue weighted by atomic mass is 32.2.